The van der Waals surface area contributed by atoms with Crippen LogP contribution in [0, 0.1) is 0 Å². The van der Waals surface area contributed by atoms with E-state index in [1.165, 1.54) is 6.08 Å². The smallest absolute Gasteiger partial charge is 0.423 e. The van der Waals surface area contributed by atoms with Crippen molar-refractivity contribution in [1.82, 2.24) is 0 Å². The highest BCUT2D eigenvalue weighted by Crippen LogP contribution is 2.34. The van der Waals surface area contributed by atoms with Gasteiger partial charge in [0.1, 0.15) is 0 Å². The molecule has 0 aliphatic heterocycles. The molecule has 0 bridgehead atoms. The molecule has 18 heavy (non-hydrogen) atoms. The minimum atomic E-state index is -2.69. The monoisotopic (exact) mass is 262 g/mol. The zero-order valence-electron chi connectivity index (χ0n) is 11.3. The average molecular weight is 262 g/mol. The molecule has 3 nitrogen and oxygen atoms in total. The lowest BCUT2D eigenvalue weighted by atomic mass is 9.71. The lowest BCUT2D eigenvalue weighted by Gasteiger charge is -2.39. The predicted octanol–water partition coefficient (Wildman–Crippen LogP) is 2.32. The first-order chi connectivity index (χ1) is 7.95. The fourth-order valence-electron chi connectivity index (χ4n) is 1.54. The molecule has 0 saturated heterocycles. The summed E-state index contributed by atoms with van der Waals surface area (Å²) in [4.78, 5) is 0. The van der Waals surface area contributed by atoms with Crippen molar-refractivity contribution in [2.24, 2.45) is 0 Å². The highest BCUT2D eigenvalue weighted by atomic mass is 19.3. The van der Waals surface area contributed by atoms with E-state index in [4.69, 9.17) is 4.65 Å². The first-order valence-corrected chi connectivity index (χ1v) is 6.10. The maximum Gasteiger partial charge on any atom is 0.487 e. The maximum atomic E-state index is 13.0. The minimum Gasteiger partial charge on any atom is -0.423 e. The van der Waals surface area contributed by atoms with Gasteiger partial charge in [-0.1, -0.05) is 6.08 Å². The fourth-order valence-corrected chi connectivity index (χ4v) is 1.54. The molecular formula is C12H21BF2O3. The topological polar surface area (TPSA) is 49.7 Å². The molecule has 0 atom stereocenters. The van der Waals surface area contributed by atoms with Crippen LogP contribution in [0.1, 0.15) is 47.0 Å². The van der Waals surface area contributed by atoms with Crippen LogP contribution in [0.3, 0.4) is 0 Å². The second kappa shape index (κ2) is 4.91. The molecule has 1 rings (SSSR count). The fraction of sp³-hybridized carbons (Fsp3) is 0.833. The second-order valence-electron chi connectivity index (χ2n) is 5.88. The summed E-state index contributed by atoms with van der Waals surface area (Å²) >= 11 is 0. The van der Waals surface area contributed by atoms with Gasteiger partial charge in [0.15, 0.2) is 0 Å². The van der Waals surface area contributed by atoms with Crippen LogP contribution < -0.4 is 0 Å². The van der Waals surface area contributed by atoms with Crippen molar-refractivity contribution >= 4 is 7.12 Å². The first-order valence-electron chi connectivity index (χ1n) is 6.10. The van der Waals surface area contributed by atoms with Gasteiger partial charge in [-0.2, -0.15) is 0 Å². The van der Waals surface area contributed by atoms with Crippen molar-refractivity contribution in [3.8, 4) is 0 Å². The predicted molar refractivity (Wildman–Crippen MR) is 66.3 cm³/mol. The molecule has 0 fully saturated rings. The zero-order chi connectivity index (χ0) is 14.2. The van der Waals surface area contributed by atoms with Crippen molar-refractivity contribution < 1.29 is 23.6 Å². The van der Waals surface area contributed by atoms with E-state index in [-0.39, 0.29) is 19.3 Å². The summed E-state index contributed by atoms with van der Waals surface area (Å²) in [5, 5.41) is 19.8. The van der Waals surface area contributed by atoms with Crippen LogP contribution in [0.2, 0.25) is 0 Å². The van der Waals surface area contributed by atoms with E-state index < -0.39 is 24.2 Å². The molecular weight excluding hydrogens is 241 g/mol. The van der Waals surface area contributed by atoms with Crippen LogP contribution in [0.5, 0.6) is 0 Å². The molecule has 0 saturated carbocycles. The Morgan fingerprint density at radius 3 is 2.28 bits per heavy atom. The van der Waals surface area contributed by atoms with Crippen LogP contribution in [0.4, 0.5) is 8.78 Å². The molecule has 6 heteroatoms. The average Bonchev–Trinajstić information content (AvgIpc) is 2.14. The maximum absolute atomic E-state index is 13.0. The number of rotatable bonds is 4. The van der Waals surface area contributed by atoms with Gasteiger partial charge in [-0.15, -0.1) is 0 Å². The SMILES string of the molecule is CC(C)(O)C(C)(C)OB(O)C1=CCC(F)(F)CC1. The molecule has 0 unspecified atom stereocenters. The molecule has 0 aromatic rings. The van der Waals surface area contributed by atoms with E-state index in [0.717, 1.165) is 0 Å². The van der Waals surface area contributed by atoms with Crippen molar-refractivity contribution in [3.63, 3.8) is 0 Å². The van der Waals surface area contributed by atoms with Crippen LogP contribution in [-0.4, -0.2) is 34.4 Å². The summed E-state index contributed by atoms with van der Waals surface area (Å²) in [7, 11) is -1.25. The van der Waals surface area contributed by atoms with E-state index in [1.807, 2.05) is 0 Å². The lowest BCUT2D eigenvalue weighted by Crippen LogP contribution is -2.51. The van der Waals surface area contributed by atoms with Crippen molar-refractivity contribution in [2.75, 3.05) is 0 Å². The van der Waals surface area contributed by atoms with Gasteiger partial charge in [-0.25, -0.2) is 8.78 Å². The molecule has 1 aliphatic carbocycles. The van der Waals surface area contributed by atoms with E-state index >= 15 is 0 Å². The van der Waals surface area contributed by atoms with E-state index in [1.54, 1.807) is 27.7 Å². The first kappa shape index (κ1) is 15.6. The third-order valence-corrected chi connectivity index (χ3v) is 3.64. The molecule has 2 N–H and O–H groups in total. The molecule has 104 valence electrons. The third-order valence-electron chi connectivity index (χ3n) is 3.64. The Hall–Kier alpha value is -0.455. The number of alkyl halides is 2. The summed E-state index contributed by atoms with van der Waals surface area (Å²) in [6, 6.07) is 0. The van der Waals surface area contributed by atoms with Crippen LogP contribution in [0.25, 0.3) is 0 Å². The standard InChI is InChI=1S/C12H21BF2O3/c1-10(2,16)11(3,4)18-13(17)9-5-7-12(14,15)8-6-9/h5,16-17H,6-8H2,1-4H3. The second-order valence-corrected chi connectivity index (χ2v) is 5.88. The normalized spacial score (nSPS) is 20.6. The number of hydrogen-bond donors (Lipinski definition) is 2. The van der Waals surface area contributed by atoms with Gasteiger partial charge < -0.3 is 14.8 Å². The summed E-state index contributed by atoms with van der Waals surface area (Å²) < 4.78 is 31.3. The van der Waals surface area contributed by atoms with Crippen LogP contribution in [0.15, 0.2) is 11.5 Å². The molecule has 0 spiro atoms. The number of halogens is 2. The van der Waals surface area contributed by atoms with Crippen molar-refractivity contribution in [2.45, 2.75) is 64.1 Å². The molecule has 1 aliphatic rings. The van der Waals surface area contributed by atoms with Gasteiger partial charge in [0.05, 0.1) is 11.2 Å². The Kier molecular flexibility index (Phi) is 4.25. The van der Waals surface area contributed by atoms with Crippen LogP contribution in [-0.2, 0) is 4.65 Å². The third kappa shape index (κ3) is 3.77. The Balaban J connectivity index is 2.68. The van der Waals surface area contributed by atoms with Gasteiger partial charge in [-0.3, -0.25) is 0 Å². The lowest BCUT2D eigenvalue weighted by molar-refractivity contribution is -0.0992. The number of aliphatic hydroxyl groups is 1. The number of hydrogen-bond acceptors (Lipinski definition) is 3. The minimum absolute atomic E-state index is 0.107. The van der Waals surface area contributed by atoms with Gasteiger partial charge in [-0.05, 0) is 39.6 Å². The molecule has 0 aromatic heterocycles. The largest absolute Gasteiger partial charge is 0.487 e. The van der Waals surface area contributed by atoms with E-state index in [0.29, 0.717) is 5.47 Å². The van der Waals surface area contributed by atoms with Gasteiger partial charge in [0.2, 0.25) is 0 Å². The molecule has 0 radical (unpaired) electrons. The Labute approximate surface area is 107 Å². The van der Waals surface area contributed by atoms with Crippen molar-refractivity contribution in [3.05, 3.63) is 11.5 Å². The van der Waals surface area contributed by atoms with Crippen molar-refractivity contribution in [1.29, 1.82) is 0 Å². The number of allylic oxidation sites excluding steroid dienone is 2. The Morgan fingerprint density at radius 1 is 1.33 bits per heavy atom. The van der Waals surface area contributed by atoms with E-state index in [9.17, 15) is 18.9 Å². The van der Waals surface area contributed by atoms with Gasteiger partial charge in [0, 0.05) is 12.8 Å². The summed E-state index contributed by atoms with van der Waals surface area (Å²) in [5.74, 6) is -2.69. The van der Waals surface area contributed by atoms with Gasteiger partial charge in [0.25, 0.3) is 5.92 Å². The Bertz CT molecular complexity index is 335. The highest BCUT2D eigenvalue weighted by Gasteiger charge is 2.41. The Morgan fingerprint density at radius 2 is 1.89 bits per heavy atom. The van der Waals surface area contributed by atoms with Crippen LogP contribution >= 0.6 is 0 Å². The quantitative estimate of drug-likeness (QED) is 0.764. The molecule has 0 amide bonds. The van der Waals surface area contributed by atoms with Gasteiger partial charge >= 0.3 is 7.12 Å². The molecule has 0 aromatic carbocycles. The zero-order valence-corrected chi connectivity index (χ0v) is 11.3. The summed E-state index contributed by atoms with van der Waals surface area (Å²) in [5.41, 5.74) is -1.67. The summed E-state index contributed by atoms with van der Waals surface area (Å²) in [6.45, 7) is 6.44. The summed E-state index contributed by atoms with van der Waals surface area (Å²) in [6.07, 6.45) is 0.790. The highest BCUT2D eigenvalue weighted by molar-refractivity contribution is 6.52. The van der Waals surface area contributed by atoms with E-state index in [2.05, 4.69) is 0 Å². The molecule has 0 heterocycles.